The van der Waals surface area contributed by atoms with Crippen LogP contribution in [0, 0.1) is 6.92 Å². The van der Waals surface area contributed by atoms with Crippen molar-refractivity contribution in [3.05, 3.63) is 53.9 Å². The van der Waals surface area contributed by atoms with Crippen LogP contribution >= 0.6 is 0 Å². The van der Waals surface area contributed by atoms with E-state index < -0.39 is 0 Å². The SMILES string of the molecule is Cc1cccc(Nc2nccc(-c3cc(C(=O)NC(C)CN4CCC4)n(C)n3)n2)c1. The van der Waals surface area contributed by atoms with Gasteiger partial charge in [-0.3, -0.25) is 9.48 Å². The number of rotatable bonds is 7. The first-order chi connectivity index (χ1) is 14.5. The van der Waals surface area contributed by atoms with E-state index in [9.17, 15) is 4.79 Å². The van der Waals surface area contributed by atoms with Crippen molar-refractivity contribution < 1.29 is 4.79 Å². The van der Waals surface area contributed by atoms with Crippen LogP contribution in [0.25, 0.3) is 11.4 Å². The average molecular weight is 406 g/mol. The van der Waals surface area contributed by atoms with Gasteiger partial charge in [-0.15, -0.1) is 0 Å². The molecular weight excluding hydrogens is 378 g/mol. The number of hydrogen-bond acceptors (Lipinski definition) is 6. The molecule has 1 fully saturated rings. The lowest BCUT2D eigenvalue weighted by Crippen LogP contribution is -2.47. The summed E-state index contributed by atoms with van der Waals surface area (Å²) in [4.78, 5) is 23.9. The first-order valence-electron chi connectivity index (χ1n) is 10.2. The van der Waals surface area contributed by atoms with E-state index in [2.05, 4.69) is 30.6 Å². The van der Waals surface area contributed by atoms with Crippen LogP contribution in [0.15, 0.2) is 42.6 Å². The molecule has 8 nitrogen and oxygen atoms in total. The van der Waals surface area contributed by atoms with Gasteiger partial charge in [0, 0.05) is 31.5 Å². The number of hydrogen-bond donors (Lipinski definition) is 2. The molecule has 1 atom stereocenters. The molecule has 1 aliphatic heterocycles. The Morgan fingerprint density at radius 2 is 2.03 bits per heavy atom. The molecule has 0 aliphatic carbocycles. The Kier molecular flexibility index (Phi) is 5.76. The number of likely N-dealkylation sites (tertiary alicyclic amines) is 1. The molecule has 0 radical (unpaired) electrons. The van der Waals surface area contributed by atoms with Crippen molar-refractivity contribution in [2.45, 2.75) is 26.3 Å². The van der Waals surface area contributed by atoms with Gasteiger partial charge in [-0.25, -0.2) is 9.97 Å². The van der Waals surface area contributed by atoms with Crippen LogP contribution in [0.4, 0.5) is 11.6 Å². The van der Waals surface area contributed by atoms with Crippen LogP contribution in [-0.4, -0.2) is 56.2 Å². The van der Waals surface area contributed by atoms with Crippen molar-refractivity contribution in [1.29, 1.82) is 0 Å². The maximum Gasteiger partial charge on any atom is 0.269 e. The summed E-state index contributed by atoms with van der Waals surface area (Å²) in [7, 11) is 1.77. The van der Waals surface area contributed by atoms with Crippen molar-refractivity contribution in [2.24, 2.45) is 7.05 Å². The normalized spacial score (nSPS) is 14.8. The minimum atomic E-state index is -0.128. The lowest BCUT2D eigenvalue weighted by molar-refractivity contribution is 0.0905. The summed E-state index contributed by atoms with van der Waals surface area (Å²) >= 11 is 0. The summed E-state index contributed by atoms with van der Waals surface area (Å²) in [6.07, 6.45) is 2.93. The minimum Gasteiger partial charge on any atom is -0.347 e. The molecule has 0 spiro atoms. The van der Waals surface area contributed by atoms with Crippen molar-refractivity contribution in [2.75, 3.05) is 25.0 Å². The molecule has 3 heterocycles. The van der Waals surface area contributed by atoms with E-state index >= 15 is 0 Å². The highest BCUT2D eigenvalue weighted by atomic mass is 16.2. The number of anilines is 2. The fraction of sp³-hybridized carbons (Fsp3) is 0.364. The Morgan fingerprint density at radius 1 is 1.20 bits per heavy atom. The molecule has 1 unspecified atom stereocenters. The largest absolute Gasteiger partial charge is 0.347 e. The molecule has 3 aromatic rings. The summed E-state index contributed by atoms with van der Waals surface area (Å²) in [5.74, 6) is 0.356. The van der Waals surface area contributed by atoms with Gasteiger partial charge in [-0.05, 0) is 63.2 Å². The number of aryl methyl sites for hydroxylation is 2. The van der Waals surface area contributed by atoms with Crippen molar-refractivity contribution in [3.63, 3.8) is 0 Å². The third kappa shape index (κ3) is 4.65. The van der Waals surface area contributed by atoms with Crippen LogP contribution in [0.5, 0.6) is 0 Å². The Morgan fingerprint density at radius 3 is 2.77 bits per heavy atom. The molecule has 30 heavy (non-hydrogen) atoms. The monoisotopic (exact) mass is 405 g/mol. The van der Waals surface area contributed by atoms with Gasteiger partial charge < -0.3 is 15.5 Å². The first-order valence-corrected chi connectivity index (χ1v) is 10.2. The zero-order valence-electron chi connectivity index (χ0n) is 17.6. The molecule has 0 saturated carbocycles. The highest BCUT2D eigenvalue weighted by Gasteiger charge is 2.20. The van der Waals surface area contributed by atoms with Gasteiger partial charge in [0.1, 0.15) is 11.4 Å². The highest BCUT2D eigenvalue weighted by molar-refractivity contribution is 5.93. The molecule has 1 aliphatic rings. The lowest BCUT2D eigenvalue weighted by Gasteiger charge is -2.33. The minimum absolute atomic E-state index is 0.0836. The first kappa shape index (κ1) is 20.0. The van der Waals surface area contributed by atoms with E-state index in [1.165, 1.54) is 6.42 Å². The maximum absolute atomic E-state index is 12.7. The summed E-state index contributed by atoms with van der Waals surface area (Å²) in [6.45, 7) is 7.16. The van der Waals surface area contributed by atoms with Gasteiger partial charge in [0.25, 0.3) is 5.91 Å². The molecule has 1 amide bonds. The highest BCUT2D eigenvalue weighted by Crippen LogP contribution is 2.20. The van der Waals surface area contributed by atoms with Crippen LogP contribution in [-0.2, 0) is 7.05 Å². The van der Waals surface area contributed by atoms with Crippen LogP contribution < -0.4 is 10.6 Å². The number of benzene rings is 1. The fourth-order valence-corrected chi connectivity index (χ4v) is 3.51. The average Bonchev–Trinajstić information content (AvgIpc) is 3.07. The summed E-state index contributed by atoms with van der Waals surface area (Å²) in [6, 6.07) is 11.7. The summed E-state index contributed by atoms with van der Waals surface area (Å²) in [5, 5.41) is 10.8. The number of nitrogens with one attached hydrogen (secondary N) is 2. The Balaban J connectivity index is 1.47. The quantitative estimate of drug-likeness (QED) is 0.628. The van der Waals surface area contributed by atoms with Gasteiger partial charge in [0.15, 0.2) is 0 Å². The Bertz CT molecular complexity index is 1040. The van der Waals surface area contributed by atoms with E-state index in [1.54, 1.807) is 30.1 Å². The Labute approximate surface area is 176 Å². The molecule has 8 heteroatoms. The second-order valence-electron chi connectivity index (χ2n) is 7.83. The second kappa shape index (κ2) is 8.62. The lowest BCUT2D eigenvalue weighted by atomic mass is 10.2. The number of aromatic nitrogens is 4. The topological polar surface area (TPSA) is 88.0 Å². The molecule has 2 N–H and O–H groups in total. The van der Waals surface area contributed by atoms with Crippen molar-refractivity contribution >= 4 is 17.5 Å². The second-order valence-corrected chi connectivity index (χ2v) is 7.83. The zero-order chi connectivity index (χ0) is 21.1. The van der Waals surface area contributed by atoms with Crippen molar-refractivity contribution in [3.8, 4) is 11.4 Å². The predicted molar refractivity (Wildman–Crippen MR) is 117 cm³/mol. The van der Waals surface area contributed by atoms with Gasteiger partial charge in [-0.1, -0.05) is 12.1 Å². The molecule has 156 valence electrons. The maximum atomic E-state index is 12.7. The number of carbonyl (C=O) groups excluding carboxylic acids is 1. The van der Waals surface area contributed by atoms with Crippen LogP contribution in [0.2, 0.25) is 0 Å². The van der Waals surface area contributed by atoms with E-state index in [-0.39, 0.29) is 11.9 Å². The molecule has 4 rings (SSSR count). The number of carbonyl (C=O) groups is 1. The predicted octanol–water partition coefficient (Wildman–Crippen LogP) is 2.75. The third-order valence-corrected chi connectivity index (χ3v) is 5.16. The number of nitrogens with zero attached hydrogens (tertiary/aromatic N) is 5. The molecule has 2 aromatic heterocycles. The Hall–Kier alpha value is -3.26. The molecule has 1 aromatic carbocycles. The third-order valence-electron chi connectivity index (χ3n) is 5.16. The van der Waals surface area contributed by atoms with E-state index in [0.29, 0.717) is 23.0 Å². The standard InChI is InChI=1S/C22H27N7O/c1-15-6-4-7-17(12-15)25-22-23-9-8-18(26-22)19-13-20(28(3)27-19)21(30)24-16(2)14-29-10-5-11-29/h4,6-9,12-13,16H,5,10-11,14H2,1-3H3,(H,24,30)(H,23,25,26). The van der Waals surface area contributed by atoms with Gasteiger partial charge in [-0.2, -0.15) is 5.10 Å². The van der Waals surface area contributed by atoms with E-state index in [1.807, 2.05) is 38.1 Å². The molecular formula is C22H27N7O. The van der Waals surface area contributed by atoms with Gasteiger partial charge in [0.2, 0.25) is 5.95 Å². The number of amides is 1. The van der Waals surface area contributed by atoms with Gasteiger partial charge >= 0.3 is 0 Å². The molecule has 0 bridgehead atoms. The fourth-order valence-electron chi connectivity index (χ4n) is 3.51. The smallest absolute Gasteiger partial charge is 0.269 e. The van der Waals surface area contributed by atoms with E-state index in [0.717, 1.165) is 30.9 Å². The van der Waals surface area contributed by atoms with E-state index in [4.69, 9.17) is 0 Å². The molecule has 1 saturated heterocycles. The van der Waals surface area contributed by atoms with Crippen LogP contribution in [0.3, 0.4) is 0 Å². The summed E-state index contributed by atoms with van der Waals surface area (Å²) < 4.78 is 1.59. The van der Waals surface area contributed by atoms with Gasteiger partial charge in [0.05, 0.1) is 5.69 Å². The van der Waals surface area contributed by atoms with Crippen LogP contribution in [0.1, 0.15) is 29.4 Å². The summed E-state index contributed by atoms with van der Waals surface area (Å²) in [5.41, 5.74) is 3.87. The van der Waals surface area contributed by atoms with Crippen molar-refractivity contribution in [1.82, 2.24) is 30.0 Å². The zero-order valence-corrected chi connectivity index (χ0v) is 17.6.